The minimum atomic E-state index is -1.04. The van der Waals surface area contributed by atoms with Crippen LogP contribution in [-0.2, 0) is 0 Å². The number of carbonyl (C=O) groups is 1. The van der Waals surface area contributed by atoms with Gasteiger partial charge in [-0.05, 0) is 6.07 Å². The highest BCUT2D eigenvalue weighted by Crippen LogP contribution is 2.00. The zero-order valence-electron chi connectivity index (χ0n) is 4.99. The Morgan fingerprint density at radius 2 is 2.40 bits per heavy atom. The molecule has 1 aromatic rings. The molecule has 4 heteroatoms. The molecule has 1 heterocycles. The number of pyridine rings is 1. The second kappa shape index (κ2) is 2.66. The average molecular weight is 159 g/mol. The molecule has 0 unspecified atom stereocenters. The third-order valence-corrected chi connectivity index (χ3v) is 1.21. The van der Waals surface area contributed by atoms with Crippen LogP contribution in [-0.4, -0.2) is 11.2 Å². The molecular formula is C6H5ClNO2+. The van der Waals surface area contributed by atoms with Crippen LogP contribution in [0.4, 0.5) is 4.79 Å². The van der Waals surface area contributed by atoms with E-state index >= 15 is 0 Å². The van der Waals surface area contributed by atoms with Crippen molar-refractivity contribution in [2.75, 3.05) is 0 Å². The largest absolute Gasteiger partial charge is 0.599 e. The monoisotopic (exact) mass is 158 g/mol. The van der Waals surface area contributed by atoms with Crippen molar-refractivity contribution in [1.29, 1.82) is 0 Å². The van der Waals surface area contributed by atoms with Gasteiger partial charge in [-0.3, -0.25) is 0 Å². The van der Waals surface area contributed by atoms with Crippen molar-refractivity contribution >= 4 is 17.7 Å². The van der Waals surface area contributed by atoms with Crippen LogP contribution in [0, 0.1) is 0 Å². The molecule has 0 saturated heterocycles. The highest BCUT2D eigenvalue weighted by molar-refractivity contribution is 6.30. The molecule has 52 valence electrons. The second-order valence-electron chi connectivity index (χ2n) is 1.71. The van der Waals surface area contributed by atoms with Crippen molar-refractivity contribution in [3.05, 3.63) is 29.5 Å². The Labute approximate surface area is 62.5 Å². The maximum absolute atomic E-state index is 10.3. The van der Waals surface area contributed by atoms with Crippen LogP contribution < -0.4 is 4.57 Å². The van der Waals surface area contributed by atoms with Gasteiger partial charge in [-0.25, -0.2) is 0 Å². The van der Waals surface area contributed by atoms with Gasteiger partial charge >= 0.3 is 6.09 Å². The molecule has 0 fully saturated rings. The zero-order chi connectivity index (χ0) is 7.56. The number of halogens is 1. The molecule has 0 atom stereocenters. The highest BCUT2D eigenvalue weighted by Gasteiger charge is 2.09. The van der Waals surface area contributed by atoms with Gasteiger partial charge in [0.05, 0.1) is 0 Å². The molecular weight excluding hydrogens is 154 g/mol. The summed E-state index contributed by atoms with van der Waals surface area (Å²) in [7, 11) is 0. The molecule has 0 saturated carbocycles. The quantitative estimate of drug-likeness (QED) is 0.576. The summed E-state index contributed by atoms with van der Waals surface area (Å²) in [5.41, 5.74) is 0. The smallest absolute Gasteiger partial charge is 0.427 e. The predicted molar refractivity (Wildman–Crippen MR) is 35.1 cm³/mol. The Morgan fingerprint density at radius 3 is 2.80 bits per heavy atom. The Morgan fingerprint density at radius 1 is 1.70 bits per heavy atom. The van der Waals surface area contributed by atoms with Crippen LogP contribution in [0.15, 0.2) is 24.5 Å². The zero-order valence-corrected chi connectivity index (χ0v) is 5.75. The molecule has 0 aromatic carbocycles. The van der Waals surface area contributed by atoms with E-state index in [0.29, 0.717) is 5.02 Å². The van der Waals surface area contributed by atoms with Crippen LogP contribution in [0.5, 0.6) is 0 Å². The van der Waals surface area contributed by atoms with Crippen LogP contribution in [0.25, 0.3) is 0 Å². The Kier molecular flexibility index (Phi) is 1.87. The van der Waals surface area contributed by atoms with Gasteiger partial charge in [0.25, 0.3) is 0 Å². The lowest BCUT2D eigenvalue weighted by Gasteiger charge is -1.85. The summed E-state index contributed by atoms with van der Waals surface area (Å²) in [4.78, 5) is 10.3. The van der Waals surface area contributed by atoms with E-state index in [2.05, 4.69) is 0 Å². The fraction of sp³-hybridized carbons (Fsp3) is 0. The van der Waals surface area contributed by atoms with Crippen LogP contribution >= 0.6 is 11.6 Å². The van der Waals surface area contributed by atoms with E-state index in [1.807, 2.05) is 0 Å². The van der Waals surface area contributed by atoms with E-state index in [9.17, 15) is 4.79 Å². The van der Waals surface area contributed by atoms with E-state index in [1.165, 1.54) is 12.4 Å². The molecule has 0 aliphatic carbocycles. The van der Waals surface area contributed by atoms with Crippen LogP contribution in [0.1, 0.15) is 0 Å². The third-order valence-electron chi connectivity index (χ3n) is 0.985. The van der Waals surface area contributed by atoms with Crippen LogP contribution in [0.2, 0.25) is 5.02 Å². The van der Waals surface area contributed by atoms with E-state index in [4.69, 9.17) is 16.7 Å². The van der Waals surface area contributed by atoms with Gasteiger partial charge in [-0.1, -0.05) is 16.2 Å². The number of rotatable bonds is 0. The Balaban J connectivity index is 3.07. The van der Waals surface area contributed by atoms with Gasteiger partial charge in [0.2, 0.25) is 0 Å². The molecule has 0 aliphatic rings. The first kappa shape index (κ1) is 7.02. The molecule has 0 spiro atoms. The summed E-state index contributed by atoms with van der Waals surface area (Å²) in [6, 6.07) is 3.18. The van der Waals surface area contributed by atoms with Gasteiger partial charge in [0.1, 0.15) is 5.02 Å². The SMILES string of the molecule is O=C(O)[n+]1cccc(Cl)c1. The van der Waals surface area contributed by atoms with Crippen molar-refractivity contribution in [3.8, 4) is 0 Å². The Hall–Kier alpha value is -1.09. The molecule has 0 radical (unpaired) electrons. The van der Waals surface area contributed by atoms with Gasteiger partial charge in [-0.2, -0.15) is 4.79 Å². The van der Waals surface area contributed by atoms with Gasteiger partial charge in [-0.15, -0.1) is 0 Å². The summed E-state index contributed by atoms with van der Waals surface area (Å²) >= 11 is 5.50. The van der Waals surface area contributed by atoms with Crippen LogP contribution in [0.3, 0.4) is 0 Å². The average Bonchev–Trinajstić information content (AvgIpc) is 1.88. The first-order valence-electron chi connectivity index (χ1n) is 2.60. The number of carboxylic acid groups (broad SMARTS) is 1. The lowest BCUT2D eigenvalue weighted by Crippen LogP contribution is -2.40. The summed E-state index contributed by atoms with van der Waals surface area (Å²) in [5, 5.41) is 8.82. The predicted octanol–water partition coefficient (Wildman–Crippen LogP) is 1.15. The molecule has 10 heavy (non-hydrogen) atoms. The topological polar surface area (TPSA) is 41.2 Å². The fourth-order valence-electron chi connectivity index (χ4n) is 0.566. The molecule has 0 amide bonds. The maximum Gasteiger partial charge on any atom is 0.599 e. The molecule has 1 N–H and O–H groups in total. The third kappa shape index (κ3) is 1.45. The number of hydrogen-bond acceptors (Lipinski definition) is 1. The number of hydrogen-bond donors (Lipinski definition) is 1. The fourth-order valence-corrected chi connectivity index (χ4v) is 0.743. The van der Waals surface area contributed by atoms with Crippen molar-refractivity contribution in [2.24, 2.45) is 0 Å². The van der Waals surface area contributed by atoms with E-state index in [1.54, 1.807) is 12.1 Å². The maximum atomic E-state index is 10.3. The number of aromatic nitrogens is 1. The Bertz CT molecular complexity index is 262. The minimum absolute atomic E-state index is 0.407. The highest BCUT2D eigenvalue weighted by atomic mass is 35.5. The molecule has 0 bridgehead atoms. The van der Waals surface area contributed by atoms with Crippen molar-refractivity contribution in [1.82, 2.24) is 0 Å². The molecule has 1 aromatic heterocycles. The number of nitrogens with zero attached hydrogens (tertiary/aromatic N) is 1. The van der Waals surface area contributed by atoms with Gasteiger partial charge in [0, 0.05) is 6.07 Å². The summed E-state index contributed by atoms with van der Waals surface area (Å²) in [6.45, 7) is 0. The van der Waals surface area contributed by atoms with Gasteiger partial charge < -0.3 is 5.11 Å². The lowest BCUT2D eigenvalue weighted by molar-refractivity contribution is -0.584. The normalized spacial score (nSPS) is 9.30. The standard InChI is InChI=1S/C6H4ClNO2/c7-5-2-1-3-8(4-5)6(9)10/h1-4H/p+1. The first-order chi connectivity index (χ1) is 4.70. The van der Waals surface area contributed by atoms with Crippen molar-refractivity contribution in [3.63, 3.8) is 0 Å². The first-order valence-corrected chi connectivity index (χ1v) is 2.98. The summed E-state index contributed by atoms with van der Waals surface area (Å²) in [6.07, 6.45) is 1.69. The lowest BCUT2D eigenvalue weighted by atomic mass is 10.5. The minimum Gasteiger partial charge on any atom is -0.427 e. The second-order valence-corrected chi connectivity index (χ2v) is 2.15. The molecule has 1 rings (SSSR count). The summed E-state index contributed by atoms with van der Waals surface area (Å²) < 4.78 is 0.988. The van der Waals surface area contributed by atoms with Crippen molar-refractivity contribution in [2.45, 2.75) is 0 Å². The van der Waals surface area contributed by atoms with Gasteiger partial charge in [0.15, 0.2) is 12.4 Å². The van der Waals surface area contributed by atoms with E-state index < -0.39 is 6.09 Å². The summed E-state index contributed by atoms with van der Waals surface area (Å²) in [5.74, 6) is 0. The molecule has 0 aliphatic heterocycles. The van der Waals surface area contributed by atoms with Crippen molar-refractivity contribution < 1.29 is 14.5 Å². The van der Waals surface area contributed by atoms with E-state index in [0.717, 1.165) is 4.57 Å². The van der Waals surface area contributed by atoms with E-state index in [-0.39, 0.29) is 0 Å². The molecule has 3 nitrogen and oxygen atoms in total.